The number of aryl methyl sites for hydroxylation is 1. The molecule has 1 fully saturated rings. The molecular weight excluding hydrogens is 238 g/mol. The van der Waals surface area contributed by atoms with Crippen molar-refractivity contribution in [2.45, 2.75) is 32.9 Å². The van der Waals surface area contributed by atoms with E-state index in [0.717, 1.165) is 5.56 Å². The fourth-order valence-electron chi connectivity index (χ4n) is 1.82. The van der Waals surface area contributed by atoms with E-state index in [1.807, 2.05) is 38.1 Å². The van der Waals surface area contributed by atoms with Gasteiger partial charge in [-0.1, -0.05) is 36.8 Å². The Morgan fingerprint density at radius 1 is 1.35 bits per heavy atom. The van der Waals surface area contributed by atoms with Gasteiger partial charge in [0, 0.05) is 13.1 Å². The Morgan fingerprint density at radius 2 is 2.00 bits per heavy atom. The van der Waals surface area contributed by atoms with Crippen LogP contribution in [0.1, 0.15) is 24.5 Å². The van der Waals surface area contributed by atoms with E-state index in [9.17, 15) is 8.42 Å². The van der Waals surface area contributed by atoms with Gasteiger partial charge in [-0.15, -0.1) is 0 Å². The van der Waals surface area contributed by atoms with Crippen LogP contribution in [-0.2, 0) is 21.0 Å². The maximum Gasteiger partial charge on any atom is 0.339 e. The van der Waals surface area contributed by atoms with Crippen molar-refractivity contribution < 1.29 is 12.6 Å². The Morgan fingerprint density at radius 3 is 2.53 bits per heavy atom. The minimum Gasteiger partial charge on any atom is -0.253 e. The highest BCUT2D eigenvalue weighted by molar-refractivity contribution is 7.84. The second kappa shape index (κ2) is 4.76. The average Bonchev–Trinajstić information content (AvgIpc) is 2.57. The summed E-state index contributed by atoms with van der Waals surface area (Å²) in [6.07, 6.45) is 0.509. The summed E-state index contributed by atoms with van der Waals surface area (Å²) in [4.78, 5) is 0. The van der Waals surface area contributed by atoms with Crippen LogP contribution in [-0.4, -0.2) is 25.4 Å². The Labute approximate surface area is 102 Å². The van der Waals surface area contributed by atoms with Gasteiger partial charge >= 0.3 is 10.3 Å². The summed E-state index contributed by atoms with van der Waals surface area (Å²) in [5, 5.41) is 0. The van der Waals surface area contributed by atoms with Gasteiger partial charge in [0.05, 0.1) is 6.10 Å². The van der Waals surface area contributed by atoms with E-state index < -0.39 is 10.3 Å². The van der Waals surface area contributed by atoms with Gasteiger partial charge in [0.15, 0.2) is 0 Å². The van der Waals surface area contributed by atoms with Gasteiger partial charge in [-0.2, -0.15) is 12.7 Å². The molecule has 0 aliphatic carbocycles. The predicted octanol–water partition coefficient (Wildman–Crippen LogP) is 1.85. The summed E-state index contributed by atoms with van der Waals surface area (Å²) in [7, 11) is -3.52. The zero-order valence-electron chi connectivity index (χ0n) is 10.1. The first-order valence-corrected chi connectivity index (χ1v) is 7.11. The normalized spacial score (nSPS) is 24.0. The van der Waals surface area contributed by atoms with Crippen molar-refractivity contribution in [1.29, 1.82) is 0 Å². The lowest BCUT2D eigenvalue weighted by atomic mass is 10.1. The van der Waals surface area contributed by atoms with E-state index in [1.54, 1.807) is 0 Å². The van der Waals surface area contributed by atoms with Crippen LogP contribution < -0.4 is 0 Å². The first kappa shape index (κ1) is 12.5. The molecule has 1 aromatic rings. The second-order valence-corrected chi connectivity index (χ2v) is 5.93. The molecule has 1 saturated heterocycles. The third kappa shape index (κ3) is 2.86. The third-order valence-corrected chi connectivity index (χ3v) is 4.34. The van der Waals surface area contributed by atoms with E-state index in [4.69, 9.17) is 4.18 Å². The largest absolute Gasteiger partial charge is 0.339 e. The van der Waals surface area contributed by atoms with E-state index >= 15 is 0 Å². The molecule has 0 amide bonds. The maximum atomic E-state index is 11.7. The standard InChI is InChI=1S/C12H17NO3S/c1-3-12-9-13(17(14,15)16-12)8-11-6-4-10(2)5-7-11/h4-7,12H,3,8-9H2,1-2H3. The molecule has 0 bridgehead atoms. The fourth-order valence-corrected chi connectivity index (χ4v) is 3.14. The van der Waals surface area contributed by atoms with Crippen LogP contribution >= 0.6 is 0 Å². The van der Waals surface area contributed by atoms with Gasteiger partial charge in [-0.25, -0.2) is 0 Å². The SMILES string of the molecule is CCC1CN(Cc2ccc(C)cc2)S(=O)(=O)O1. The van der Waals surface area contributed by atoms with Crippen molar-refractivity contribution >= 4 is 10.3 Å². The van der Waals surface area contributed by atoms with Crippen molar-refractivity contribution in [3.63, 3.8) is 0 Å². The highest BCUT2D eigenvalue weighted by atomic mass is 32.2. The highest BCUT2D eigenvalue weighted by Gasteiger charge is 2.35. The molecule has 0 spiro atoms. The summed E-state index contributed by atoms with van der Waals surface area (Å²) in [5.74, 6) is 0. The minimum absolute atomic E-state index is 0.203. The van der Waals surface area contributed by atoms with Gasteiger partial charge in [0.1, 0.15) is 0 Å². The molecule has 1 heterocycles. The summed E-state index contributed by atoms with van der Waals surface area (Å²) in [5.41, 5.74) is 2.15. The molecule has 17 heavy (non-hydrogen) atoms. The van der Waals surface area contributed by atoms with Crippen molar-refractivity contribution in [3.05, 3.63) is 35.4 Å². The second-order valence-electron chi connectivity index (χ2n) is 4.36. The predicted molar refractivity (Wildman–Crippen MR) is 65.7 cm³/mol. The lowest BCUT2D eigenvalue weighted by Gasteiger charge is -2.12. The first-order chi connectivity index (χ1) is 8.01. The fraction of sp³-hybridized carbons (Fsp3) is 0.500. The molecule has 1 atom stereocenters. The summed E-state index contributed by atoms with van der Waals surface area (Å²) in [6.45, 7) is 4.77. The lowest BCUT2D eigenvalue weighted by molar-refractivity contribution is 0.239. The van der Waals surface area contributed by atoms with Gasteiger partial charge < -0.3 is 0 Å². The molecule has 94 valence electrons. The van der Waals surface area contributed by atoms with Crippen molar-refractivity contribution in [2.24, 2.45) is 0 Å². The van der Waals surface area contributed by atoms with Crippen LogP contribution in [0, 0.1) is 6.92 Å². The minimum atomic E-state index is -3.52. The average molecular weight is 255 g/mol. The molecule has 1 aliphatic heterocycles. The van der Waals surface area contributed by atoms with Crippen molar-refractivity contribution in [2.75, 3.05) is 6.54 Å². The van der Waals surface area contributed by atoms with Crippen LogP contribution in [0.5, 0.6) is 0 Å². The smallest absolute Gasteiger partial charge is 0.253 e. The monoisotopic (exact) mass is 255 g/mol. The Balaban J connectivity index is 2.11. The van der Waals surface area contributed by atoms with E-state index in [-0.39, 0.29) is 6.10 Å². The van der Waals surface area contributed by atoms with Gasteiger partial charge in [-0.3, -0.25) is 4.18 Å². The molecular formula is C12H17NO3S. The molecule has 0 radical (unpaired) electrons. The number of hydrogen-bond donors (Lipinski definition) is 0. The van der Waals surface area contributed by atoms with Crippen LogP contribution in [0.15, 0.2) is 24.3 Å². The molecule has 0 N–H and O–H groups in total. The van der Waals surface area contributed by atoms with Gasteiger partial charge in [-0.05, 0) is 18.9 Å². The summed E-state index contributed by atoms with van der Waals surface area (Å²) >= 11 is 0. The maximum absolute atomic E-state index is 11.7. The molecule has 0 aromatic heterocycles. The third-order valence-electron chi connectivity index (χ3n) is 2.92. The molecule has 1 unspecified atom stereocenters. The molecule has 1 aliphatic rings. The van der Waals surface area contributed by atoms with Gasteiger partial charge in [0.25, 0.3) is 0 Å². The van der Waals surface area contributed by atoms with Crippen LogP contribution in [0.25, 0.3) is 0 Å². The first-order valence-electron chi connectivity index (χ1n) is 5.75. The Kier molecular flexibility index (Phi) is 3.51. The molecule has 4 nitrogen and oxygen atoms in total. The molecule has 5 heteroatoms. The zero-order valence-corrected chi connectivity index (χ0v) is 10.9. The van der Waals surface area contributed by atoms with Crippen molar-refractivity contribution in [1.82, 2.24) is 4.31 Å². The number of hydrogen-bond acceptors (Lipinski definition) is 3. The van der Waals surface area contributed by atoms with E-state index in [0.29, 0.717) is 19.5 Å². The van der Waals surface area contributed by atoms with Crippen LogP contribution in [0.3, 0.4) is 0 Å². The topological polar surface area (TPSA) is 46.6 Å². The Bertz CT molecular complexity index is 481. The number of nitrogens with zero attached hydrogens (tertiary/aromatic N) is 1. The number of benzene rings is 1. The molecule has 2 rings (SSSR count). The number of rotatable bonds is 3. The van der Waals surface area contributed by atoms with Crippen LogP contribution in [0.4, 0.5) is 0 Å². The Hall–Kier alpha value is -0.910. The van der Waals surface area contributed by atoms with Gasteiger partial charge in [0.2, 0.25) is 0 Å². The van der Waals surface area contributed by atoms with E-state index in [1.165, 1.54) is 9.87 Å². The summed E-state index contributed by atoms with van der Waals surface area (Å²) < 4.78 is 29.8. The van der Waals surface area contributed by atoms with Crippen LogP contribution in [0.2, 0.25) is 0 Å². The quantitative estimate of drug-likeness (QED) is 0.828. The zero-order chi connectivity index (χ0) is 12.5. The van der Waals surface area contributed by atoms with Crippen molar-refractivity contribution in [3.8, 4) is 0 Å². The molecule has 0 saturated carbocycles. The van der Waals surface area contributed by atoms with E-state index in [2.05, 4.69) is 0 Å². The molecule has 1 aromatic carbocycles. The highest BCUT2D eigenvalue weighted by Crippen LogP contribution is 2.22. The lowest BCUT2D eigenvalue weighted by Crippen LogP contribution is -2.25. The summed E-state index contributed by atoms with van der Waals surface area (Å²) in [6, 6.07) is 7.86.